The molecule has 0 aliphatic carbocycles. The largest absolute Gasteiger partial charge is 0.368 e. The standard InChI is InChI=1S/C16H19N5O3/c1-18-16(22)10-15(11-17-18)20-8-6-19(7-9-20)12-13-2-4-14(5-3-13)21(23)24/h2-5,10-11H,6-9,12H2,1H3. The number of hydrogen-bond donors (Lipinski definition) is 0. The molecule has 0 N–H and O–H groups in total. The van der Waals surface area contributed by atoms with Gasteiger partial charge in [-0.1, -0.05) is 12.1 Å². The van der Waals surface area contributed by atoms with Crippen LogP contribution in [-0.4, -0.2) is 45.8 Å². The molecule has 2 heterocycles. The van der Waals surface area contributed by atoms with Gasteiger partial charge in [-0.25, -0.2) is 4.68 Å². The summed E-state index contributed by atoms with van der Waals surface area (Å²) in [6, 6.07) is 8.29. The third-order valence-corrected chi connectivity index (χ3v) is 4.24. The zero-order valence-electron chi connectivity index (χ0n) is 13.5. The van der Waals surface area contributed by atoms with Crippen LogP contribution < -0.4 is 10.5 Å². The van der Waals surface area contributed by atoms with E-state index in [1.807, 2.05) is 0 Å². The molecule has 24 heavy (non-hydrogen) atoms. The summed E-state index contributed by atoms with van der Waals surface area (Å²) in [5.41, 5.74) is 1.92. The Bertz CT molecular complexity index is 779. The number of non-ortho nitro benzene ring substituents is 1. The molecule has 8 nitrogen and oxygen atoms in total. The van der Waals surface area contributed by atoms with Crippen molar-refractivity contribution in [3.63, 3.8) is 0 Å². The molecular formula is C16H19N5O3. The number of nitro groups is 1. The summed E-state index contributed by atoms with van der Waals surface area (Å²) in [4.78, 5) is 26.4. The van der Waals surface area contributed by atoms with Crippen LogP contribution in [0, 0.1) is 10.1 Å². The molecule has 0 radical (unpaired) electrons. The molecule has 8 heteroatoms. The molecule has 2 aromatic rings. The molecule has 1 fully saturated rings. The topological polar surface area (TPSA) is 84.5 Å². The third kappa shape index (κ3) is 3.60. The van der Waals surface area contributed by atoms with E-state index in [2.05, 4.69) is 14.9 Å². The first-order valence-electron chi connectivity index (χ1n) is 7.77. The zero-order valence-corrected chi connectivity index (χ0v) is 13.5. The van der Waals surface area contributed by atoms with Crippen molar-refractivity contribution in [2.24, 2.45) is 7.05 Å². The molecule has 0 spiro atoms. The summed E-state index contributed by atoms with van der Waals surface area (Å²) < 4.78 is 1.31. The first kappa shape index (κ1) is 16.1. The van der Waals surface area contributed by atoms with E-state index in [1.54, 1.807) is 31.4 Å². The lowest BCUT2D eigenvalue weighted by molar-refractivity contribution is -0.384. The number of rotatable bonds is 4. The molecule has 0 atom stereocenters. The van der Waals surface area contributed by atoms with Gasteiger partial charge in [0.05, 0.1) is 16.8 Å². The monoisotopic (exact) mass is 329 g/mol. The second-order valence-corrected chi connectivity index (χ2v) is 5.86. The van der Waals surface area contributed by atoms with Crippen molar-refractivity contribution in [2.45, 2.75) is 6.54 Å². The SMILES string of the molecule is Cn1ncc(N2CCN(Cc3ccc([N+](=O)[O-])cc3)CC2)cc1=O. The van der Waals surface area contributed by atoms with Gasteiger partial charge in [-0.3, -0.25) is 19.8 Å². The molecule has 0 amide bonds. The Morgan fingerprint density at radius 1 is 1.17 bits per heavy atom. The van der Waals surface area contributed by atoms with Crippen LogP contribution in [-0.2, 0) is 13.6 Å². The molecule has 0 unspecified atom stereocenters. The van der Waals surface area contributed by atoms with Crippen molar-refractivity contribution in [1.29, 1.82) is 0 Å². The molecule has 1 aliphatic rings. The minimum Gasteiger partial charge on any atom is -0.368 e. The maximum absolute atomic E-state index is 11.7. The van der Waals surface area contributed by atoms with Crippen LogP contribution in [0.2, 0.25) is 0 Å². The summed E-state index contributed by atoms with van der Waals surface area (Å²) in [6.07, 6.45) is 1.72. The van der Waals surface area contributed by atoms with Crippen LogP contribution in [0.4, 0.5) is 11.4 Å². The zero-order chi connectivity index (χ0) is 17.1. The molecule has 126 valence electrons. The highest BCUT2D eigenvalue weighted by atomic mass is 16.6. The van der Waals surface area contributed by atoms with Gasteiger partial charge in [0.1, 0.15) is 0 Å². The van der Waals surface area contributed by atoms with E-state index in [-0.39, 0.29) is 16.2 Å². The number of nitrogens with zero attached hydrogens (tertiary/aromatic N) is 5. The summed E-state index contributed by atoms with van der Waals surface area (Å²) >= 11 is 0. The van der Waals surface area contributed by atoms with Crippen LogP contribution in [0.3, 0.4) is 0 Å². The molecule has 1 saturated heterocycles. The second kappa shape index (κ2) is 6.79. The molecule has 1 aromatic carbocycles. The molecule has 1 aromatic heterocycles. The average molecular weight is 329 g/mol. The van der Waals surface area contributed by atoms with Crippen molar-refractivity contribution in [2.75, 3.05) is 31.1 Å². The van der Waals surface area contributed by atoms with Gasteiger partial charge in [0.15, 0.2) is 0 Å². The van der Waals surface area contributed by atoms with Gasteiger partial charge in [0.2, 0.25) is 0 Å². The third-order valence-electron chi connectivity index (χ3n) is 4.24. The summed E-state index contributed by atoms with van der Waals surface area (Å²) in [5, 5.41) is 14.7. The minimum atomic E-state index is -0.388. The predicted molar refractivity (Wildman–Crippen MR) is 90.1 cm³/mol. The number of aryl methyl sites for hydroxylation is 1. The molecular weight excluding hydrogens is 310 g/mol. The Labute approximate surface area is 139 Å². The van der Waals surface area contributed by atoms with Crippen molar-refractivity contribution in [1.82, 2.24) is 14.7 Å². The first-order valence-corrected chi connectivity index (χ1v) is 7.77. The fourth-order valence-electron chi connectivity index (χ4n) is 2.78. The first-order chi connectivity index (χ1) is 11.5. The van der Waals surface area contributed by atoms with Gasteiger partial charge >= 0.3 is 0 Å². The minimum absolute atomic E-state index is 0.110. The highest BCUT2D eigenvalue weighted by Gasteiger charge is 2.18. The lowest BCUT2D eigenvalue weighted by atomic mass is 10.2. The number of hydrogen-bond acceptors (Lipinski definition) is 6. The Balaban J connectivity index is 1.57. The Morgan fingerprint density at radius 3 is 2.42 bits per heavy atom. The van der Waals surface area contributed by atoms with Crippen LogP contribution in [0.1, 0.15) is 5.56 Å². The normalized spacial score (nSPS) is 15.5. The van der Waals surface area contributed by atoms with Crippen molar-refractivity contribution in [3.05, 3.63) is 62.6 Å². The molecule has 0 bridgehead atoms. The van der Waals surface area contributed by atoms with Gasteiger partial charge < -0.3 is 4.90 Å². The lowest BCUT2D eigenvalue weighted by Crippen LogP contribution is -2.46. The van der Waals surface area contributed by atoms with Crippen LogP contribution in [0.5, 0.6) is 0 Å². The van der Waals surface area contributed by atoms with Gasteiger partial charge in [0, 0.05) is 58.0 Å². The molecule has 0 saturated carbocycles. The highest BCUT2D eigenvalue weighted by molar-refractivity contribution is 5.43. The number of aromatic nitrogens is 2. The van der Waals surface area contributed by atoms with Gasteiger partial charge in [-0.15, -0.1) is 0 Å². The van der Waals surface area contributed by atoms with Gasteiger partial charge in [-0.2, -0.15) is 5.10 Å². The fourth-order valence-corrected chi connectivity index (χ4v) is 2.78. The molecule has 1 aliphatic heterocycles. The Morgan fingerprint density at radius 2 is 1.83 bits per heavy atom. The summed E-state index contributed by atoms with van der Waals surface area (Å²) in [7, 11) is 1.63. The van der Waals surface area contributed by atoms with E-state index in [9.17, 15) is 14.9 Å². The van der Waals surface area contributed by atoms with E-state index in [1.165, 1.54) is 16.8 Å². The van der Waals surface area contributed by atoms with E-state index in [0.717, 1.165) is 44.0 Å². The maximum Gasteiger partial charge on any atom is 0.269 e. The van der Waals surface area contributed by atoms with E-state index in [4.69, 9.17) is 0 Å². The number of benzene rings is 1. The Kier molecular flexibility index (Phi) is 4.57. The van der Waals surface area contributed by atoms with Crippen LogP contribution >= 0.6 is 0 Å². The van der Waals surface area contributed by atoms with E-state index >= 15 is 0 Å². The van der Waals surface area contributed by atoms with Crippen molar-refractivity contribution in [3.8, 4) is 0 Å². The number of anilines is 1. The number of nitro benzene ring substituents is 1. The molecule has 3 rings (SSSR count). The predicted octanol–water partition coefficient (Wildman–Crippen LogP) is 1.01. The van der Waals surface area contributed by atoms with Crippen molar-refractivity contribution >= 4 is 11.4 Å². The van der Waals surface area contributed by atoms with E-state index in [0.29, 0.717) is 0 Å². The summed E-state index contributed by atoms with van der Waals surface area (Å²) in [6.45, 7) is 4.14. The smallest absolute Gasteiger partial charge is 0.269 e. The quantitative estimate of drug-likeness (QED) is 0.615. The van der Waals surface area contributed by atoms with E-state index < -0.39 is 0 Å². The lowest BCUT2D eigenvalue weighted by Gasteiger charge is -2.35. The average Bonchev–Trinajstić information content (AvgIpc) is 2.58. The second-order valence-electron chi connectivity index (χ2n) is 5.86. The highest BCUT2D eigenvalue weighted by Crippen LogP contribution is 2.16. The summed E-state index contributed by atoms with van der Waals surface area (Å²) in [5.74, 6) is 0. The Hall–Kier alpha value is -2.74. The van der Waals surface area contributed by atoms with Crippen molar-refractivity contribution < 1.29 is 4.92 Å². The number of piperazine rings is 1. The fraction of sp³-hybridized carbons (Fsp3) is 0.375. The van der Waals surface area contributed by atoms with Crippen LogP contribution in [0.15, 0.2) is 41.3 Å². The maximum atomic E-state index is 11.7. The van der Waals surface area contributed by atoms with Gasteiger partial charge in [0.25, 0.3) is 11.2 Å². The van der Waals surface area contributed by atoms with Crippen LogP contribution in [0.25, 0.3) is 0 Å². The van der Waals surface area contributed by atoms with Gasteiger partial charge in [-0.05, 0) is 5.56 Å².